The lowest BCUT2D eigenvalue weighted by molar-refractivity contribution is 0.0240. The summed E-state index contributed by atoms with van der Waals surface area (Å²) in [5, 5.41) is 16.6. The van der Waals surface area contributed by atoms with Crippen LogP contribution in [0.15, 0.2) is 18.3 Å². The van der Waals surface area contributed by atoms with Crippen LogP contribution in [0.25, 0.3) is 0 Å². The minimum atomic E-state index is -0.811. The van der Waals surface area contributed by atoms with Gasteiger partial charge in [0.2, 0.25) is 0 Å². The fraction of sp³-hybridized carbons (Fsp3) is 0.615. The van der Waals surface area contributed by atoms with Crippen LogP contribution in [0, 0.1) is 0 Å². The third-order valence-corrected chi connectivity index (χ3v) is 3.10. The summed E-state index contributed by atoms with van der Waals surface area (Å²) in [6.07, 6.45) is 1.75. The first-order valence-electron chi connectivity index (χ1n) is 5.97. The average molecular weight is 237 g/mol. The maximum Gasteiger partial charge on any atom is 0.127 e. The molecule has 0 aliphatic carbocycles. The van der Waals surface area contributed by atoms with Crippen molar-refractivity contribution in [3.8, 4) is 0 Å². The molecule has 0 aliphatic rings. The Hall–Kier alpha value is -1.29. The lowest BCUT2D eigenvalue weighted by Gasteiger charge is -2.38. The zero-order valence-corrected chi connectivity index (χ0v) is 11.3. The van der Waals surface area contributed by atoms with Crippen LogP contribution >= 0.6 is 0 Å². The molecule has 1 heterocycles. The number of hydrogen-bond donors (Lipinski definition) is 3. The van der Waals surface area contributed by atoms with Crippen molar-refractivity contribution in [3.63, 3.8) is 0 Å². The van der Waals surface area contributed by atoms with Crippen LogP contribution in [-0.4, -0.2) is 27.8 Å². The van der Waals surface area contributed by atoms with Crippen molar-refractivity contribution < 1.29 is 5.11 Å². The Morgan fingerprint density at radius 3 is 2.47 bits per heavy atom. The van der Waals surface area contributed by atoms with Gasteiger partial charge in [-0.25, -0.2) is 4.98 Å². The molecule has 0 aromatic carbocycles. The Morgan fingerprint density at radius 1 is 1.29 bits per heavy atom. The van der Waals surface area contributed by atoms with Gasteiger partial charge >= 0.3 is 0 Å². The van der Waals surface area contributed by atoms with E-state index < -0.39 is 11.1 Å². The summed E-state index contributed by atoms with van der Waals surface area (Å²) in [6.45, 7) is 10.4. The van der Waals surface area contributed by atoms with E-state index >= 15 is 0 Å². The Balaban J connectivity index is 2.84. The molecular weight excluding hydrogens is 214 g/mol. The number of aliphatic hydroxyl groups is 1. The van der Waals surface area contributed by atoms with Crippen molar-refractivity contribution >= 4 is 11.5 Å². The number of anilines is 2. The molecule has 96 valence electrons. The number of nitrogens with zero attached hydrogens (tertiary/aromatic N) is 1. The van der Waals surface area contributed by atoms with Crippen molar-refractivity contribution in [1.29, 1.82) is 0 Å². The largest absolute Gasteiger partial charge is 0.388 e. The summed E-state index contributed by atoms with van der Waals surface area (Å²) in [7, 11) is 0. The lowest BCUT2D eigenvalue weighted by Crippen LogP contribution is -2.51. The van der Waals surface area contributed by atoms with E-state index in [9.17, 15) is 5.11 Å². The summed E-state index contributed by atoms with van der Waals surface area (Å²) >= 11 is 0. The highest BCUT2D eigenvalue weighted by atomic mass is 16.3. The SMILES string of the molecule is CCNc1cc(NC(C)(C)C(C)(C)O)ccn1. The van der Waals surface area contributed by atoms with Crippen LogP contribution < -0.4 is 10.6 Å². The van der Waals surface area contributed by atoms with Gasteiger partial charge in [0, 0.05) is 24.5 Å². The molecular formula is C13H23N3O. The predicted molar refractivity (Wildman–Crippen MR) is 72.4 cm³/mol. The summed E-state index contributed by atoms with van der Waals surface area (Å²) < 4.78 is 0. The predicted octanol–water partition coefficient (Wildman–Crippen LogP) is 2.47. The van der Waals surface area contributed by atoms with Crippen molar-refractivity contribution in [2.24, 2.45) is 0 Å². The van der Waals surface area contributed by atoms with Gasteiger partial charge in [0.1, 0.15) is 5.82 Å². The molecule has 0 amide bonds. The van der Waals surface area contributed by atoms with Gasteiger partial charge in [-0.2, -0.15) is 0 Å². The molecule has 4 nitrogen and oxygen atoms in total. The fourth-order valence-corrected chi connectivity index (χ4v) is 1.30. The van der Waals surface area contributed by atoms with Gasteiger partial charge in [0.15, 0.2) is 0 Å². The van der Waals surface area contributed by atoms with Crippen molar-refractivity contribution in [2.45, 2.75) is 45.8 Å². The Bertz CT molecular complexity index is 369. The van der Waals surface area contributed by atoms with E-state index in [1.54, 1.807) is 20.0 Å². The second-order valence-electron chi connectivity index (χ2n) is 5.27. The summed E-state index contributed by atoms with van der Waals surface area (Å²) in [6, 6.07) is 3.84. The summed E-state index contributed by atoms with van der Waals surface area (Å²) in [4.78, 5) is 4.21. The van der Waals surface area contributed by atoms with Crippen molar-refractivity contribution in [3.05, 3.63) is 18.3 Å². The fourth-order valence-electron chi connectivity index (χ4n) is 1.30. The van der Waals surface area contributed by atoms with Crippen molar-refractivity contribution in [1.82, 2.24) is 4.98 Å². The van der Waals surface area contributed by atoms with E-state index in [0.717, 1.165) is 18.1 Å². The van der Waals surface area contributed by atoms with E-state index in [1.807, 2.05) is 32.9 Å². The summed E-state index contributed by atoms with van der Waals surface area (Å²) in [5.41, 5.74) is -0.282. The van der Waals surface area contributed by atoms with Crippen LogP contribution in [0.2, 0.25) is 0 Å². The minimum Gasteiger partial charge on any atom is -0.388 e. The zero-order valence-electron chi connectivity index (χ0n) is 11.3. The standard InChI is InChI=1S/C13H23N3O/c1-6-14-11-9-10(7-8-15-11)16-12(2,3)13(4,5)17/h7-9,17H,6H2,1-5H3,(H2,14,15,16). The molecule has 1 aromatic heterocycles. The van der Waals surface area contributed by atoms with Gasteiger partial charge in [0.25, 0.3) is 0 Å². The third kappa shape index (κ3) is 3.60. The van der Waals surface area contributed by atoms with Gasteiger partial charge in [-0.3, -0.25) is 0 Å². The molecule has 0 unspecified atom stereocenters. The quantitative estimate of drug-likeness (QED) is 0.736. The molecule has 17 heavy (non-hydrogen) atoms. The number of aromatic nitrogens is 1. The highest BCUT2D eigenvalue weighted by Gasteiger charge is 2.34. The van der Waals surface area contributed by atoms with Crippen LogP contribution in [-0.2, 0) is 0 Å². The first-order valence-corrected chi connectivity index (χ1v) is 5.97. The highest BCUT2D eigenvalue weighted by molar-refractivity contribution is 5.53. The number of rotatable bonds is 5. The first kappa shape index (κ1) is 13.8. The number of pyridine rings is 1. The first-order chi connectivity index (χ1) is 7.76. The van der Waals surface area contributed by atoms with Gasteiger partial charge < -0.3 is 15.7 Å². The van der Waals surface area contributed by atoms with Gasteiger partial charge in [0.05, 0.1) is 11.1 Å². The van der Waals surface area contributed by atoms with Gasteiger partial charge in [-0.05, 0) is 40.7 Å². The monoisotopic (exact) mass is 237 g/mol. The van der Waals surface area contributed by atoms with E-state index in [1.165, 1.54) is 0 Å². The Kier molecular flexibility index (Phi) is 3.98. The van der Waals surface area contributed by atoms with Crippen LogP contribution in [0.5, 0.6) is 0 Å². The average Bonchev–Trinajstić information content (AvgIpc) is 2.16. The molecule has 4 heteroatoms. The number of hydrogen-bond acceptors (Lipinski definition) is 4. The van der Waals surface area contributed by atoms with Crippen molar-refractivity contribution in [2.75, 3.05) is 17.2 Å². The molecule has 0 bridgehead atoms. The summed E-state index contributed by atoms with van der Waals surface area (Å²) in [5.74, 6) is 0.837. The van der Waals surface area contributed by atoms with E-state index in [-0.39, 0.29) is 0 Å². The third-order valence-electron chi connectivity index (χ3n) is 3.10. The molecule has 0 aliphatic heterocycles. The smallest absolute Gasteiger partial charge is 0.127 e. The molecule has 0 saturated heterocycles. The Labute approximate surface area is 103 Å². The number of nitrogens with one attached hydrogen (secondary N) is 2. The van der Waals surface area contributed by atoms with Crippen LogP contribution in [0.3, 0.4) is 0 Å². The van der Waals surface area contributed by atoms with E-state index in [0.29, 0.717) is 0 Å². The van der Waals surface area contributed by atoms with Crippen LogP contribution in [0.4, 0.5) is 11.5 Å². The molecule has 1 aromatic rings. The molecule has 0 fully saturated rings. The van der Waals surface area contributed by atoms with E-state index in [4.69, 9.17) is 0 Å². The Morgan fingerprint density at radius 2 is 1.94 bits per heavy atom. The second-order valence-corrected chi connectivity index (χ2v) is 5.27. The second kappa shape index (κ2) is 4.92. The molecule has 0 radical (unpaired) electrons. The molecule has 0 spiro atoms. The highest BCUT2D eigenvalue weighted by Crippen LogP contribution is 2.26. The van der Waals surface area contributed by atoms with Gasteiger partial charge in [-0.15, -0.1) is 0 Å². The van der Waals surface area contributed by atoms with Gasteiger partial charge in [-0.1, -0.05) is 0 Å². The molecule has 3 N–H and O–H groups in total. The van der Waals surface area contributed by atoms with E-state index in [2.05, 4.69) is 15.6 Å². The zero-order chi connectivity index (χ0) is 13.1. The minimum absolute atomic E-state index is 0.419. The molecule has 0 atom stereocenters. The van der Waals surface area contributed by atoms with Crippen LogP contribution in [0.1, 0.15) is 34.6 Å². The maximum absolute atomic E-state index is 10.1. The molecule has 1 rings (SSSR count). The normalized spacial score (nSPS) is 12.4. The lowest BCUT2D eigenvalue weighted by atomic mass is 9.86. The molecule has 0 saturated carbocycles. The maximum atomic E-state index is 10.1. The topological polar surface area (TPSA) is 57.2 Å².